The van der Waals surface area contributed by atoms with E-state index in [1.54, 1.807) is 0 Å². The van der Waals surface area contributed by atoms with Gasteiger partial charge in [0, 0.05) is 16.5 Å². The van der Waals surface area contributed by atoms with E-state index >= 15 is 0 Å². The van der Waals surface area contributed by atoms with Crippen LogP contribution in [0.15, 0.2) is 4.99 Å². The highest BCUT2D eigenvalue weighted by Gasteiger charge is 2.27. The van der Waals surface area contributed by atoms with Gasteiger partial charge in [-0.2, -0.15) is 11.8 Å². The van der Waals surface area contributed by atoms with Gasteiger partial charge >= 0.3 is 0 Å². The Kier molecular flexibility index (Phi) is 5.10. The lowest BCUT2D eigenvalue weighted by atomic mass is 9.96. The average Bonchev–Trinajstić information content (AvgIpc) is 2.38. The zero-order chi connectivity index (χ0) is 12.1. The summed E-state index contributed by atoms with van der Waals surface area (Å²) in [6, 6.07) is 0. The smallest absolute Gasteiger partial charge is 0.157 e. The van der Waals surface area contributed by atoms with Crippen LogP contribution >= 0.6 is 23.5 Å². The molecule has 2 rings (SSSR count). The van der Waals surface area contributed by atoms with Crippen molar-refractivity contribution in [3.05, 3.63) is 0 Å². The first-order valence-electron chi connectivity index (χ1n) is 6.79. The molecule has 0 aromatic heterocycles. The van der Waals surface area contributed by atoms with E-state index in [9.17, 15) is 0 Å². The van der Waals surface area contributed by atoms with Crippen molar-refractivity contribution >= 4 is 28.7 Å². The lowest BCUT2D eigenvalue weighted by molar-refractivity contribution is 0.390. The van der Waals surface area contributed by atoms with Crippen molar-refractivity contribution in [3.63, 3.8) is 0 Å². The largest absolute Gasteiger partial charge is 0.360 e. The van der Waals surface area contributed by atoms with Gasteiger partial charge in [0.15, 0.2) is 5.17 Å². The SMILES string of the molecule is CCC1(C)CCSC(=NCC2CCCCS2)N1. The minimum absolute atomic E-state index is 0.282. The number of hydrogen-bond donors (Lipinski definition) is 1. The molecule has 1 N–H and O–H groups in total. The normalized spacial score (nSPS) is 36.8. The summed E-state index contributed by atoms with van der Waals surface area (Å²) < 4.78 is 0. The van der Waals surface area contributed by atoms with Crippen molar-refractivity contribution in [2.24, 2.45) is 4.99 Å². The number of nitrogens with zero attached hydrogens (tertiary/aromatic N) is 1. The molecule has 0 spiro atoms. The Morgan fingerprint density at radius 3 is 3.00 bits per heavy atom. The minimum atomic E-state index is 0.282. The molecule has 0 aromatic carbocycles. The first-order valence-corrected chi connectivity index (χ1v) is 8.82. The number of hydrogen-bond acceptors (Lipinski definition) is 3. The second kappa shape index (κ2) is 6.37. The van der Waals surface area contributed by atoms with Crippen molar-refractivity contribution in [1.29, 1.82) is 0 Å². The van der Waals surface area contributed by atoms with Crippen molar-refractivity contribution < 1.29 is 0 Å². The predicted molar refractivity (Wildman–Crippen MR) is 81.3 cm³/mol. The molecule has 2 fully saturated rings. The lowest BCUT2D eigenvalue weighted by Crippen LogP contribution is -2.48. The van der Waals surface area contributed by atoms with Gasteiger partial charge in [0.05, 0.1) is 6.54 Å². The molecule has 2 saturated heterocycles. The van der Waals surface area contributed by atoms with Crippen LogP contribution in [0.2, 0.25) is 0 Å². The monoisotopic (exact) mass is 272 g/mol. The maximum atomic E-state index is 4.80. The van der Waals surface area contributed by atoms with E-state index in [4.69, 9.17) is 4.99 Å². The maximum Gasteiger partial charge on any atom is 0.157 e. The number of aliphatic imine (C=N–C) groups is 1. The van der Waals surface area contributed by atoms with Gasteiger partial charge in [0.25, 0.3) is 0 Å². The van der Waals surface area contributed by atoms with E-state index in [1.165, 1.54) is 48.8 Å². The maximum absolute atomic E-state index is 4.80. The fourth-order valence-corrected chi connectivity index (χ4v) is 4.66. The van der Waals surface area contributed by atoms with Gasteiger partial charge in [-0.3, -0.25) is 4.99 Å². The Balaban J connectivity index is 1.83. The summed E-state index contributed by atoms with van der Waals surface area (Å²) in [7, 11) is 0. The average molecular weight is 272 g/mol. The topological polar surface area (TPSA) is 24.4 Å². The molecule has 2 atom stereocenters. The fourth-order valence-electron chi connectivity index (χ4n) is 2.22. The zero-order valence-corrected chi connectivity index (χ0v) is 12.6. The molecule has 0 amide bonds. The van der Waals surface area contributed by atoms with Crippen LogP contribution in [-0.2, 0) is 0 Å². The van der Waals surface area contributed by atoms with E-state index < -0.39 is 0 Å². The Morgan fingerprint density at radius 2 is 2.29 bits per heavy atom. The quantitative estimate of drug-likeness (QED) is 0.850. The van der Waals surface area contributed by atoms with Crippen LogP contribution in [0.5, 0.6) is 0 Å². The number of rotatable bonds is 3. The van der Waals surface area contributed by atoms with Crippen LogP contribution in [0, 0.1) is 0 Å². The molecule has 0 saturated carbocycles. The molecule has 98 valence electrons. The molecule has 4 heteroatoms. The molecule has 0 aromatic rings. The van der Waals surface area contributed by atoms with Crippen molar-refractivity contribution in [2.75, 3.05) is 18.1 Å². The van der Waals surface area contributed by atoms with Gasteiger partial charge in [-0.1, -0.05) is 25.1 Å². The second-order valence-electron chi connectivity index (χ2n) is 5.27. The van der Waals surface area contributed by atoms with E-state index in [0.717, 1.165) is 11.8 Å². The van der Waals surface area contributed by atoms with Crippen LogP contribution in [0.1, 0.15) is 46.0 Å². The van der Waals surface area contributed by atoms with Crippen LogP contribution in [-0.4, -0.2) is 34.0 Å². The van der Waals surface area contributed by atoms with Gasteiger partial charge in [-0.05, 0) is 38.4 Å². The van der Waals surface area contributed by atoms with E-state index in [1.807, 2.05) is 11.8 Å². The van der Waals surface area contributed by atoms with Gasteiger partial charge in [-0.25, -0.2) is 0 Å². The number of nitrogens with one attached hydrogen (secondary N) is 1. The van der Waals surface area contributed by atoms with Crippen LogP contribution in [0.3, 0.4) is 0 Å². The van der Waals surface area contributed by atoms with Crippen LogP contribution in [0.25, 0.3) is 0 Å². The molecule has 0 bridgehead atoms. The summed E-state index contributed by atoms with van der Waals surface area (Å²) in [5.41, 5.74) is 0.282. The molecule has 2 aliphatic rings. The van der Waals surface area contributed by atoms with Gasteiger partial charge in [0.2, 0.25) is 0 Å². The minimum Gasteiger partial charge on any atom is -0.360 e. The fraction of sp³-hybridized carbons (Fsp3) is 0.923. The Morgan fingerprint density at radius 1 is 1.41 bits per heavy atom. The van der Waals surface area contributed by atoms with E-state index in [-0.39, 0.29) is 5.54 Å². The van der Waals surface area contributed by atoms with Gasteiger partial charge in [-0.15, -0.1) is 0 Å². The summed E-state index contributed by atoms with van der Waals surface area (Å²) in [6.07, 6.45) is 6.60. The Labute approximate surface area is 114 Å². The molecule has 2 aliphatic heterocycles. The second-order valence-corrected chi connectivity index (χ2v) is 7.76. The van der Waals surface area contributed by atoms with Crippen molar-refractivity contribution in [3.8, 4) is 0 Å². The van der Waals surface area contributed by atoms with Crippen molar-refractivity contribution in [2.45, 2.75) is 56.7 Å². The molecular weight excluding hydrogens is 248 g/mol. The highest BCUT2D eigenvalue weighted by molar-refractivity contribution is 8.13. The molecule has 0 aliphatic carbocycles. The zero-order valence-electron chi connectivity index (χ0n) is 11.0. The number of thioether (sulfide) groups is 2. The summed E-state index contributed by atoms with van der Waals surface area (Å²) in [5.74, 6) is 2.55. The molecular formula is C13H24N2S2. The summed E-state index contributed by atoms with van der Waals surface area (Å²) in [5, 5.41) is 5.58. The lowest BCUT2D eigenvalue weighted by Gasteiger charge is -2.35. The van der Waals surface area contributed by atoms with Crippen LogP contribution < -0.4 is 5.32 Å². The molecule has 2 nitrogen and oxygen atoms in total. The first kappa shape index (κ1) is 13.6. The van der Waals surface area contributed by atoms with E-state index in [2.05, 4.69) is 30.9 Å². The standard InChI is InChI=1S/C13H24N2S2/c1-3-13(2)7-9-17-12(15-13)14-10-11-6-4-5-8-16-11/h11H,3-10H2,1-2H3,(H,14,15). The molecule has 2 heterocycles. The Hall–Kier alpha value is 0.170. The number of amidine groups is 1. The summed E-state index contributed by atoms with van der Waals surface area (Å²) in [4.78, 5) is 4.80. The first-order chi connectivity index (χ1) is 8.22. The van der Waals surface area contributed by atoms with Crippen molar-refractivity contribution in [1.82, 2.24) is 5.32 Å². The Bertz CT molecular complexity index is 275. The summed E-state index contributed by atoms with van der Waals surface area (Å²) in [6.45, 7) is 5.59. The van der Waals surface area contributed by atoms with Gasteiger partial charge in [0.1, 0.15) is 0 Å². The highest BCUT2D eigenvalue weighted by atomic mass is 32.2. The molecule has 17 heavy (non-hydrogen) atoms. The van der Waals surface area contributed by atoms with Crippen LogP contribution in [0.4, 0.5) is 0 Å². The summed E-state index contributed by atoms with van der Waals surface area (Å²) >= 11 is 4.01. The van der Waals surface area contributed by atoms with E-state index in [0.29, 0.717) is 0 Å². The predicted octanol–water partition coefficient (Wildman–Crippen LogP) is 3.52. The third kappa shape index (κ3) is 4.09. The third-order valence-corrected chi connectivity index (χ3v) is 6.09. The van der Waals surface area contributed by atoms with Gasteiger partial charge < -0.3 is 5.32 Å². The molecule has 2 unspecified atom stereocenters. The molecule has 0 radical (unpaired) electrons. The highest BCUT2D eigenvalue weighted by Crippen LogP contribution is 2.27. The third-order valence-electron chi connectivity index (χ3n) is 3.79.